The van der Waals surface area contributed by atoms with E-state index in [1.165, 1.54) is 12.1 Å². The summed E-state index contributed by atoms with van der Waals surface area (Å²) in [6.45, 7) is 1.24. The first kappa shape index (κ1) is 20.1. The molecule has 0 aromatic heterocycles. The van der Waals surface area contributed by atoms with Gasteiger partial charge in [-0.15, -0.1) is 0 Å². The third kappa shape index (κ3) is 5.20. The van der Waals surface area contributed by atoms with Gasteiger partial charge in [-0.3, -0.25) is 4.79 Å². The number of carbonyl (C=O) groups is 1. The number of benzene rings is 2. The lowest BCUT2D eigenvalue weighted by atomic mass is 10.1. The second-order valence-corrected chi connectivity index (χ2v) is 8.14. The molecule has 1 fully saturated rings. The van der Waals surface area contributed by atoms with E-state index in [1.54, 1.807) is 16.7 Å². The zero-order valence-electron chi connectivity index (χ0n) is 14.5. The number of alkyl halides is 3. The average molecular weight is 414 g/mol. The molecule has 1 aliphatic rings. The van der Waals surface area contributed by atoms with Crippen LogP contribution in [0, 0.1) is 0 Å². The number of rotatable bonds is 3. The molecule has 7 heteroatoms. The normalized spacial score (nSPS) is 18.2. The lowest BCUT2D eigenvalue weighted by Gasteiger charge is -2.20. The number of halogens is 4. The molecule has 2 aromatic rings. The Morgan fingerprint density at radius 3 is 2.48 bits per heavy atom. The van der Waals surface area contributed by atoms with Gasteiger partial charge < -0.3 is 4.90 Å². The molecule has 0 saturated carbocycles. The maximum atomic E-state index is 12.6. The van der Waals surface area contributed by atoms with Crippen molar-refractivity contribution in [3.63, 3.8) is 0 Å². The van der Waals surface area contributed by atoms with Gasteiger partial charge in [0, 0.05) is 29.1 Å². The Morgan fingerprint density at radius 1 is 1.11 bits per heavy atom. The molecule has 144 valence electrons. The third-order valence-electron chi connectivity index (χ3n) is 4.58. The summed E-state index contributed by atoms with van der Waals surface area (Å²) in [6, 6.07) is 12.5. The molecule has 27 heavy (non-hydrogen) atoms. The number of nitrogens with zero attached hydrogens (tertiary/aromatic N) is 1. The van der Waals surface area contributed by atoms with E-state index in [1.807, 2.05) is 24.3 Å². The molecule has 1 unspecified atom stereocenters. The van der Waals surface area contributed by atoms with Crippen LogP contribution >= 0.6 is 23.4 Å². The van der Waals surface area contributed by atoms with Crippen LogP contribution in [-0.4, -0.2) is 29.6 Å². The molecule has 3 rings (SSSR count). The molecule has 1 heterocycles. The predicted octanol–water partition coefficient (Wildman–Crippen LogP) is 5.61. The van der Waals surface area contributed by atoms with Crippen LogP contribution in [0.15, 0.2) is 48.5 Å². The van der Waals surface area contributed by atoms with Crippen molar-refractivity contribution in [1.82, 2.24) is 4.90 Å². The first-order chi connectivity index (χ1) is 12.8. The maximum Gasteiger partial charge on any atom is 0.416 e. The molecule has 0 spiro atoms. The van der Waals surface area contributed by atoms with Crippen LogP contribution in [0.4, 0.5) is 13.2 Å². The third-order valence-corrected chi connectivity index (χ3v) is 6.24. The van der Waals surface area contributed by atoms with Crippen molar-refractivity contribution in [3.8, 4) is 0 Å². The first-order valence-electron chi connectivity index (χ1n) is 8.64. The fourth-order valence-electron chi connectivity index (χ4n) is 3.10. The number of hydrogen-bond acceptors (Lipinski definition) is 2. The fraction of sp³-hybridized carbons (Fsp3) is 0.350. The Hall–Kier alpha value is -1.66. The summed E-state index contributed by atoms with van der Waals surface area (Å²) in [7, 11) is 0. The second kappa shape index (κ2) is 8.57. The van der Waals surface area contributed by atoms with E-state index in [2.05, 4.69) is 0 Å². The zero-order valence-corrected chi connectivity index (χ0v) is 16.1. The lowest BCUT2D eigenvalue weighted by Crippen LogP contribution is -2.34. The minimum Gasteiger partial charge on any atom is -0.342 e. The largest absolute Gasteiger partial charge is 0.416 e. The van der Waals surface area contributed by atoms with E-state index in [-0.39, 0.29) is 17.6 Å². The Morgan fingerprint density at radius 2 is 1.81 bits per heavy atom. The van der Waals surface area contributed by atoms with E-state index in [4.69, 9.17) is 11.6 Å². The highest BCUT2D eigenvalue weighted by molar-refractivity contribution is 7.99. The van der Waals surface area contributed by atoms with Crippen LogP contribution in [0.1, 0.15) is 28.4 Å². The standard InChI is InChI=1S/C20H19ClF3NOS/c21-17-4-2-1-3-16(17)18-9-10-25(11-12-27-18)19(26)13-14-5-7-15(8-6-14)20(22,23)24/h1-8,18H,9-13H2. The maximum absolute atomic E-state index is 12.6. The van der Waals surface area contributed by atoms with Crippen LogP contribution in [0.25, 0.3) is 0 Å². The highest BCUT2D eigenvalue weighted by atomic mass is 35.5. The number of thioether (sulfide) groups is 1. The summed E-state index contributed by atoms with van der Waals surface area (Å²) in [4.78, 5) is 14.4. The van der Waals surface area contributed by atoms with Crippen molar-refractivity contribution in [3.05, 3.63) is 70.2 Å². The van der Waals surface area contributed by atoms with Gasteiger partial charge in [-0.25, -0.2) is 0 Å². The van der Waals surface area contributed by atoms with Crippen LogP contribution in [0.5, 0.6) is 0 Å². The van der Waals surface area contributed by atoms with Crippen molar-refractivity contribution in [2.75, 3.05) is 18.8 Å². The van der Waals surface area contributed by atoms with Crippen LogP contribution in [0.3, 0.4) is 0 Å². The topological polar surface area (TPSA) is 20.3 Å². The molecule has 1 amide bonds. The van der Waals surface area contributed by atoms with Crippen molar-refractivity contribution < 1.29 is 18.0 Å². The highest BCUT2D eigenvalue weighted by Crippen LogP contribution is 2.38. The van der Waals surface area contributed by atoms with E-state index in [0.29, 0.717) is 18.7 Å². The van der Waals surface area contributed by atoms with E-state index < -0.39 is 11.7 Å². The summed E-state index contributed by atoms with van der Waals surface area (Å²) in [5.74, 6) is 0.740. The average Bonchev–Trinajstić information content (AvgIpc) is 2.88. The molecule has 0 radical (unpaired) electrons. The molecule has 0 N–H and O–H groups in total. The summed E-state index contributed by atoms with van der Waals surface area (Å²) < 4.78 is 37.9. The van der Waals surface area contributed by atoms with E-state index in [9.17, 15) is 18.0 Å². The van der Waals surface area contributed by atoms with Crippen molar-refractivity contribution in [2.45, 2.75) is 24.3 Å². The first-order valence-corrected chi connectivity index (χ1v) is 10.1. The monoisotopic (exact) mass is 413 g/mol. The van der Waals surface area contributed by atoms with Gasteiger partial charge in [-0.2, -0.15) is 24.9 Å². The minimum atomic E-state index is -4.36. The van der Waals surface area contributed by atoms with E-state index >= 15 is 0 Å². The molecule has 1 saturated heterocycles. The smallest absolute Gasteiger partial charge is 0.342 e. The van der Waals surface area contributed by atoms with Crippen LogP contribution < -0.4 is 0 Å². The Kier molecular flexibility index (Phi) is 6.37. The summed E-state index contributed by atoms with van der Waals surface area (Å²) in [6.07, 6.45) is -3.45. The molecule has 0 bridgehead atoms. The molecule has 2 nitrogen and oxygen atoms in total. The van der Waals surface area contributed by atoms with Crippen molar-refractivity contribution >= 4 is 29.3 Å². The Labute approximate surface area is 165 Å². The fourth-order valence-corrected chi connectivity index (χ4v) is 4.70. The van der Waals surface area contributed by atoms with Gasteiger partial charge in [0.2, 0.25) is 5.91 Å². The van der Waals surface area contributed by atoms with Crippen molar-refractivity contribution in [2.24, 2.45) is 0 Å². The lowest BCUT2D eigenvalue weighted by molar-refractivity contribution is -0.137. The second-order valence-electron chi connectivity index (χ2n) is 6.42. The van der Waals surface area contributed by atoms with Gasteiger partial charge in [-0.05, 0) is 35.7 Å². The van der Waals surface area contributed by atoms with Crippen LogP contribution in [0.2, 0.25) is 5.02 Å². The molecule has 0 aliphatic carbocycles. The summed E-state index contributed by atoms with van der Waals surface area (Å²) in [5, 5.41) is 0.974. The van der Waals surface area contributed by atoms with E-state index in [0.717, 1.165) is 34.9 Å². The van der Waals surface area contributed by atoms with Gasteiger partial charge in [0.1, 0.15) is 0 Å². The van der Waals surface area contributed by atoms with Crippen molar-refractivity contribution in [1.29, 1.82) is 0 Å². The highest BCUT2D eigenvalue weighted by Gasteiger charge is 2.30. The van der Waals surface area contributed by atoms with Gasteiger partial charge in [0.25, 0.3) is 0 Å². The van der Waals surface area contributed by atoms with Crippen LogP contribution in [-0.2, 0) is 17.4 Å². The molecule has 1 aliphatic heterocycles. The molecule has 2 aromatic carbocycles. The summed E-state index contributed by atoms with van der Waals surface area (Å²) in [5.41, 5.74) is 0.973. The Balaban J connectivity index is 1.60. The van der Waals surface area contributed by atoms with Gasteiger partial charge in [-0.1, -0.05) is 41.9 Å². The predicted molar refractivity (Wildman–Crippen MR) is 103 cm³/mol. The molecule has 1 atom stereocenters. The van der Waals surface area contributed by atoms with Gasteiger partial charge in [0.05, 0.1) is 12.0 Å². The quantitative estimate of drug-likeness (QED) is 0.652. The van der Waals surface area contributed by atoms with Gasteiger partial charge >= 0.3 is 6.18 Å². The van der Waals surface area contributed by atoms with Gasteiger partial charge in [0.15, 0.2) is 0 Å². The Bertz CT molecular complexity index is 795. The summed E-state index contributed by atoms with van der Waals surface area (Å²) >= 11 is 8.07. The minimum absolute atomic E-state index is 0.0600. The number of amides is 1. The number of hydrogen-bond donors (Lipinski definition) is 0. The molecular formula is C20H19ClF3NOS. The zero-order chi connectivity index (χ0) is 19.4. The SMILES string of the molecule is O=C(Cc1ccc(C(F)(F)F)cc1)N1CCSC(c2ccccc2Cl)CC1. The molecular weight excluding hydrogens is 395 g/mol. The number of carbonyl (C=O) groups excluding carboxylic acids is 1.